The van der Waals surface area contributed by atoms with Crippen molar-refractivity contribution in [2.45, 2.75) is 44.8 Å². The molecule has 0 saturated carbocycles. The molecule has 38 heavy (non-hydrogen) atoms. The van der Waals surface area contributed by atoms with Gasteiger partial charge in [-0.15, -0.1) is 10.2 Å². The minimum Gasteiger partial charge on any atom is -0.494 e. The van der Waals surface area contributed by atoms with Crippen LogP contribution in [-0.2, 0) is 20.3 Å². The van der Waals surface area contributed by atoms with Crippen molar-refractivity contribution in [2.75, 3.05) is 20.8 Å². The van der Waals surface area contributed by atoms with E-state index < -0.39 is 26.9 Å². The van der Waals surface area contributed by atoms with E-state index in [0.717, 1.165) is 5.56 Å². The van der Waals surface area contributed by atoms with Crippen molar-refractivity contribution >= 4 is 9.84 Å². The van der Waals surface area contributed by atoms with E-state index in [0.29, 0.717) is 47.0 Å². The third-order valence-corrected chi connectivity index (χ3v) is 8.08. The van der Waals surface area contributed by atoms with E-state index >= 15 is 0 Å². The van der Waals surface area contributed by atoms with Gasteiger partial charge < -0.3 is 18.6 Å². The zero-order valence-electron chi connectivity index (χ0n) is 22.2. The first-order valence-corrected chi connectivity index (χ1v) is 13.8. The molecule has 4 aromatic rings. The Morgan fingerprint density at radius 1 is 1.00 bits per heavy atom. The summed E-state index contributed by atoms with van der Waals surface area (Å²) < 4.78 is 52.0. The number of ether oxygens (including phenoxy) is 3. The second kappa shape index (κ2) is 11.3. The van der Waals surface area contributed by atoms with Gasteiger partial charge in [0.1, 0.15) is 34.8 Å². The molecule has 0 N–H and O–H groups in total. The van der Waals surface area contributed by atoms with Gasteiger partial charge >= 0.3 is 0 Å². The first kappa shape index (κ1) is 27.3. The maximum absolute atomic E-state index is 13.8. The van der Waals surface area contributed by atoms with E-state index in [1.807, 2.05) is 13.8 Å². The molecular weight excluding hydrogens is 510 g/mol. The molecule has 3 aromatic heterocycles. The molecular formula is C26H31N5O6S. The maximum Gasteiger partial charge on any atom is 0.204 e. The average molecular weight is 542 g/mol. The Hall–Kier alpha value is -3.77. The van der Waals surface area contributed by atoms with Crippen LogP contribution in [0.3, 0.4) is 0 Å². The lowest BCUT2D eigenvalue weighted by atomic mass is 10.2. The summed E-state index contributed by atoms with van der Waals surface area (Å²) in [4.78, 5) is 8.63. The van der Waals surface area contributed by atoms with Crippen LogP contribution in [-0.4, -0.2) is 59.2 Å². The van der Waals surface area contributed by atoms with Gasteiger partial charge in [0.15, 0.2) is 27.2 Å². The molecule has 0 aliphatic rings. The van der Waals surface area contributed by atoms with Crippen molar-refractivity contribution in [3.05, 3.63) is 65.7 Å². The quantitative estimate of drug-likeness (QED) is 0.274. The Labute approximate surface area is 221 Å². The van der Waals surface area contributed by atoms with Crippen LogP contribution in [0.5, 0.6) is 11.5 Å². The smallest absolute Gasteiger partial charge is 0.204 e. The maximum atomic E-state index is 13.8. The average Bonchev–Trinajstić information content (AvgIpc) is 3.52. The lowest BCUT2D eigenvalue weighted by Crippen LogP contribution is -2.30. The van der Waals surface area contributed by atoms with Crippen molar-refractivity contribution in [3.8, 4) is 28.8 Å². The zero-order valence-corrected chi connectivity index (χ0v) is 23.0. The van der Waals surface area contributed by atoms with Crippen LogP contribution in [0, 0.1) is 13.8 Å². The highest BCUT2D eigenvalue weighted by Crippen LogP contribution is 2.37. The lowest BCUT2D eigenvalue weighted by molar-refractivity contribution is 0.0556. The number of furan rings is 1. The highest BCUT2D eigenvalue weighted by molar-refractivity contribution is 7.91. The molecule has 3 heterocycles. The van der Waals surface area contributed by atoms with Crippen LogP contribution in [0.15, 0.2) is 47.1 Å². The molecule has 0 amide bonds. The Morgan fingerprint density at radius 3 is 2.21 bits per heavy atom. The van der Waals surface area contributed by atoms with Gasteiger partial charge in [-0.05, 0) is 57.5 Å². The molecule has 0 aliphatic carbocycles. The zero-order chi connectivity index (χ0) is 27.4. The summed E-state index contributed by atoms with van der Waals surface area (Å²) in [5.74, 6) is 2.29. The first-order valence-electron chi connectivity index (χ1n) is 12.0. The Kier molecular flexibility index (Phi) is 8.12. The van der Waals surface area contributed by atoms with E-state index in [-0.39, 0.29) is 5.82 Å². The molecule has 0 unspecified atom stereocenters. The van der Waals surface area contributed by atoms with Gasteiger partial charge in [0, 0.05) is 19.0 Å². The number of rotatable bonds is 11. The molecule has 0 aliphatic heterocycles. The summed E-state index contributed by atoms with van der Waals surface area (Å²) in [7, 11) is -0.827. The van der Waals surface area contributed by atoms with Crippen LogP contribution in [0.25, 0.3) is 17.3 Å². The fourth-order valence-corrected chi connectivity index (χ4v) is 5.45. The Balaban J connectivity index is 1.82. The third kappa shape index (κ3) is 5.41. The van der Waals surface area contributed by atoms with Crippen LogP contribution in [0.4, 0.5) is 0 Å². The standard InChI is InChI=1S/C26H31N5O6S/c1-7-36-24(25-27-13-16(2)14-28-25)18(4)38(32,33)15-22-29-30-26(21-12-11-17(3)37-21)31(22)23-19(34-5)9-8-10-20(23)35-6/h8-14,18,24H,7,15H2,1-6H3/t18-,24-/m0/s1. The Morgan fingerprint density at radius 2 is 1.66 bits per heavy atom. The topological polar surface area (TPSA) is 131 Å². The number of benzene rings is 1. The van der Waals surface area contributed by atoms with Crippen LogP contribution in [0.1, 0.15) is 42.9 Å². The fraction of sp³-hybridized carbons (Fsp3) is 0.385. The summed E-state index contributed by atoms with van der Waals surface area (Å²) in [6.07, 6.45) is 2.40. The predicted molar refractivity (Wildman–Crippen MR) is 140 cm³/mol. The number of hydrogen-bond acceptors (Lipinski definition) is 10. The van der Waals surface area contributed by atoms with Crippen LogP contribution in [0.2, 0.25) is 0 Å². The summed E-state index contributed by atoms with van der Waals surface area (Å²) in [5.41, 5.74) is 1.31. The fourth-order valence-electron chi connectivity index (χ4n) is 4.06. The molecule has 0 fully saturated rings. The van der Waals surface area contributed by atoms with Crippen molar-refractivity contribution in [3.63, 3.8) is 0 Å². The third-order valence-electron chi connectivity index (χ3n) is 6.04. The van der Waals surface area contributed by atoms with Crippen molar-refractivity contribution < 1.29 is 27.0 Å². The van der Waals surface area contributed by atoms with Crippen LogP contribution < -0.4 is 9.47 Å². The monoisotopic (exact) mass is 541 g/mol. The molecule has 0 bridgehead atoms. The van der Waals surface area contributed by atoms with Crippen LogP contribution >= 0.6 is 0 Å². The number of aryl methyl sites for hydroxylation is 2. The van der Waals surface area contributed by atoms with Crippen molar-refractivity contribution in [1.82, 2.24) is 24.7 Å². The summed E-state index contributed by atoms with van der Waals surface area (Å²) >= 11 is 0. The SMILES string of the molecule is CCO[C@H](c1ncc(C)cn1)[C@H](C)S(=O)(=O)Cc1nnc(-c2ccc(C)o2)n1-c1c(OC)cccc1OC. The second-order valence-corrected chi connectivity index (χ2v) is 11.1. The number of para-hydroxylation sites is 1. The van der Waals surface area contributed by atoms with Gasteiger partial charge in [-0.25, -0.2) is 18.4 Å². The van der Waals surface area contributed by atoms with Gasteiger partial charge in [0.05, 0.1) is 19.5 Å². The molecule has 0 saturated heterocycles. The van der Waals surface area contributed by atoms with E-state index in [2.05, 4.69) is 20.2 Å². The number of methoxy groups -OCH3 is 2. The lowest BCUT2D eigenvalue weighted by Gasteiger charge is -2.23. The van der Waals surface area contributed by atoms with E-state index in [1.165, 1.54) is 14.2 Å². The number of hydrogen-bond donors (Lipinski definition) is 0. The molecule has 0 radical (unpaired) electrons. The minimum absolute atomic E-state index is 0.156. The van der Waals surface area contributed by atoms with E-state index in [1.54, 1.807) is 61.1 Å². The van der Waals surface area contributed by atoms with Crippen molar-refractivity contribution in [2.24, 2.45) is 0 Å². The van der Waals surface area contributed by atoms with Gasteiger partial charge in [0.2, 0.25) is 5.82 Å². The first-order chi connectivity index (χ1) is 18.2. The second-order valence-electron chi connectivity index (χ2n) is 8.70. The summed E-state index contributed by atoms with van der Waals surface area (Å²) in [5, 5.41) is 7.60. The van der Waals surface area contributed by atoms with Gasteiger partial charge in [-0.1, -0.05) is 6.07 Å². The molecule has 1 aromatic carbocycles. The molecule has 11 nitrogen and oxygen atoms in total. The molecule has 2 atom stereocenters. The highest BCUT2D eigenvalue weighted by Gasteiger charge is 2.36. The van der Waals surface area contributed by atoms with E-state index in [9.17, 15) is 8.42 Å². The molecule has 202 valence electrons. The predicted octanol–water partition coefficient (Wildman–Crippen LogP) is 4.03. The van der Waals surface area contributed by atoms with Gasteiger partial charge in [-0.3, -0.25) is 4.57 Å². The number of sulfone groups is 1. The number of nitrogens with zero attached hydrogens (tertiary/aromatic N) is 5. The minimum atomic E-state index is -3.87. The largest absolute Gasteiger partial charge is 0.494 e. The highest BCUT2D eigenvalue weighted by atomic mass is 32.2. The van der Waals surface area contributed by atoms with Gasteiger partial charge in [-0.2, -0.15) is 0 Å². The Bertz CT molecular complexity index is 1470. The van der Waals surface area contributed by atoms with Gasteiger partial charge in [0.25, 0.3) is 0 Å². The van der Waals surface area contributed by atoms with E-state index in [4.69, 9.17) is 18.6 Å². The molecule has 4 rings (SSSR count). The summed E-state index contributed by atoms with van der Waals surface area (Å²) in [6.45, 7) is 7.33. The molecule has 0 spiro atoms. The van der Waals surface area contributed by atoms with Crippen molar-refractivity contribution in [1.29, 1.82) is 0 Å². The molecule has 12 heteroatoms. The summed E-state index contributed by atoms with van der Waals surface area (Å²) in [6, 6.07) is 8.81. The number of aromatic nitrogens is 5. The normalized spacial score (nSPS) is 13.3.